The van der Waals surface area contributed by atoms with Crippen LogP contribution in [0.3, 0.4) is 0 Å². The van der Waals surface area contributed by atoms with Crippen LogP contribution in [0.15, 0.2) is 0 Å². The molecule has 2 saturated carbocycles. The van der Waals surface area contributed by atoms with Gasteiger partial charge in [0.2, 0.25) is 0 Å². The highest BCUT2D eigenvalue weighted by atomic mass is 15.0. The van der Waals surface area contributed by atoms with Crippen molar-refractivity contribution in [3.8, 4) is 0 Å². The molecule has 0 aromatic heterocycles. The minimum absolute atomic E-state index is 0.371. The standard InChI is InChI=1S/C17H34N2/c1-13-15(18)9-8-14(16(13,2)3)12-19-17(4)10-6-5-7-11-17/h13-15,19H,5-12,18H2,1-4H3. The topological polar surface area (TPSA) is 38.0 Å². The van der Waals surface area contributed by atoms with Crippen molar-refractivity contribution in [3.05, 3.63) is 0 Å². The Kier molecular flexibility index (Phi) is 4.62. The number of rotatable bonds is 3. The van der Waals surface area contributed by atoms with Gasteiger partial charge in [0.05, 0.1) is 0 Å². The first kappa shape index (κ1) is 15.3. The van der Waals surface area contributed by atoms with Gasteiger partial charge in [-0.15, -0.1) is 0 Å². The molecule has 0 radical (unpaired) electrons. The van der Waals surface area contributed by atoms with Gasteiger partial charge in [-0.3, -0.25) is 0 Å². The third-order valence-electron chi connectivity index (χ3n) is 6.45. The highest BCUT2D eigenvalue weighted by Gasteiger charge is 2.42. The Bertz CT molecular complexity index is 292. The second-order valence-electron chi connectivity index (χ2n) is 8.05. The molecule has 3 atom stereocenters. The van der Waals surface area contributed by atoms with Crippen LogP contribution < -0.4 is 11.1 Å². The summed E-state index contributed by atoms with van der Waals surface area (Å²) in [5.41, 5.74) is 7.03. The Morgan fingerprint density at radius 3 is 2.32 bits per heavy atom. The lowest BCUT2D eigenvalue weighted by Crippen LogP contribution is -2.53. The molecule has 0 amide bonds. The van der Waals surface area contributed by atoms with E-state index in [1.54, 1.807) is 0 Å². The van der Waals surface area contributed by atoms with E-state index in [9.17, 15) is 0 Å². The first-order valence-corrected chi connectivity index (χ1v) is 8.36. The minimum Gasteiger partial charge on any atom is -0.327 e. The maximum atomic E-state index is 6.26. The van der Waals surface area contributed by atoms with E-state index >= 15 is 0 Å². The van der Waals surface area contributed by atoms with Gasteiger partial charge in [-0.2, -0.15) is 0 Å². The first-order valence-electron chi connectivity index (χ1n) is 8.36. The van der Waals surface area contributed by atoms with Crippen molar-refractivity contribution >= 4 is 0 Å². The van der Waals surface area contributed by atoms with Gasteiger partial charge in [0.1, 0.15) is 0 Å². The maximum absolute atomic E-state index is 6.26. The zero-order chi connectivity index (χ0) is 14.1. The van der Waals surface area contributed by atoms with Gasteiger partial charge in [-0.25, -0.2) is 0 Å². The highest BCUT2D eigenvalue weighted by molar-refractivity contribution is 4.96. The largest absolute Gasteiger partial charge is 0.327 e. The Hall–Kier alpha value is -0.0800. The molecule has 2 nitrogen and oxygen atoms in total. The van der Waals surface area contributed by atoms with Crippen LogP contribution in [-0.4, -0.2) is 18.1 Å². The summed E-state index contributed by atoms with van der Waals surface area (Å²) in [6, 6.07) is 0.400. The van der Waals surface area contributed by atoms with Crippen molar-refractivity contribution in [1.29, 1.82) is 0 Å². The second-order valence-corrected chi connectivity index (χ2v) is 8.05. The van der Waals surface area contributed by atoms with Crippen molar-refractivity contribution in [2.24, 2.45) is 23.0 Å². The molecule has 19 heavy (non-hydrogen) atoms. The molecule has 0 aliphatic heterocycles. The molecule has 0 heterocycles. The molecule has 112 valence electrons. The lowest BCUT2D eigenvalue weighted by Gasteiger charge is -2.48. The summed E-state index contributed by atoms with van der Waals surface area (Å²) in [6.45, 7) is 10.8. The Morgan fingerprint density at radius 1 is 1.05 bits per heavy atom. The van der Waals surface area contributed by atoms with E-state index in [0.29, 0.717) is 22.9 Å². The molecule has 3 N–H and O–H groups in total. The van der Waals surface area contributed by atoms with E-state index in [2.05, 4.69) is 33.0 Å². The third-order valence-corrected chi connectivity index (χ3v) is 6.45. The van der Waals surface area contributed by atoms with E-state index in [4.69, 9.17) is 5.73 Å². The summed E-state index contributed by atoms with van der Waals surface area (Å²) < 4.78 is 0. The van der Waals surface area contributed by atoms with Gasteiger partial charge in [-0.1, -0.05) is 40.0 Å². The second kappa shape index (κ2) is 5.73. The number of nitrogens with one attached hydrogen (secondary N) is 1. The molecular weight excluding hydrogens is 232 g/mol. The van der Waals surface area contributed by atoms with Crippen LogP contribution >= 0.6 is 0 Å². The van der Waals surface area contributed by atoms with Gasteiger partial charge in [0.25, 0.3) is 0 Å². The van der Waals surface area contributed by atoms with E-state index in [1.165, 1.54) is 51.5 Å². The van der Waals surface area contributed by atoms with E-state index in [1.807, 2.05) is 0 Å². The minimum atomic E-state index is 0.371. The van der Waals surface area contributed by atoms with Crippen LogP contribution in [-0.2, 0) is 0 Å². The lowest BCUT2D eigenvalue weighted by atomic mass is 9.61. The van der Waals surface area contributed by atoms with Crippen molar-refractivity contribution in [3.63, 3.8) is 0 Å². The van der Waals surface area contributed by atoms with Crippen LogP contribution in [0.25, 0.3) is 0 Å². The summed E-state index contributed by atoms with van der Waals surface area (Å²) in [5, 5.41) is 3.92. The zero-order valence-corrected chi connectivity index (χ0v) is 13.5. The molecule has 2 aliphatic rings. The smallest absolute Gasteiger partial charge is 0.0153 e. The molecule has 3 unspecified atom stereocenters. The molecular formula is C17H34N2. The quantitative estimate of drug-likeness (QED) is 0.817. The van der Waals surface area contributed by atoms with Gasteiger partial charge in [0.15, 0.2) is 0 Å². The molecule has 2 aliphatic carbocycles. The van der Waals surface area contributed by atoms with Crippen molar-refractivity contribution < 1.29 is 0 Å². The average Bonchev–Trinajstić information content (AvgIpc) is 2.36. The lowest BCUT2D eigenvalue weighted by molar-refractivity contribution is 0.0468. The third kappa shape index (κ3) is 3.33. The summed E-state index contributed by atoms with van der Waals surface area (Å²) in [6.07, 6.45) is 9.44. The monoisotopic (exact) mass is 266 g/mol. The predicted octanol–water partition coefficient (Wildman–Crippen LogP) is 3.70. The highest BCUT2D eigenvalue weighted by Crippen LogP contribution is 2.44. The van der Waals surface area contributed by atoms with E-state index < -0.39 is 0 Å². The Morgan fingerprint density at radius 2 is 1.68 bits per heavy atom. The molecule has 0 aromatic carbocycles. The summed E-state index contributed by atoms with van der Waals surface area (Å²) in [5.74, 6) is 1.41. The van der Waals surface area contributed by atoms with Crippen molar-refractivity contribution in [1.82, 2.24) is 5.32 Å². The van der Waals surface area contributed by atoms with Gasteiger partial charge in [0, 0.05) is 11.6 Å². The average molecular weight is 266 g/mol. The van der Waals surface area contributed by atoms with Gasteiger partial charge < -0.3 is 11.1 Å². The fourth-order valence-corrected chi connectivity index (χ4v) is 4.18. The van der Waals surface area contributed by atoms with Crippen LogP contribution in [0.4, 0.5) is 0 Å². The van der Waals surface area contributed by atoms with Crippen LogP contribution in [0.5, 0.6) is 0 Å². The molecule has 0 bridgehead atoms. The fraction of sp³-hybridized carbons (Fsp3) is 1.00. The Labute approximate surface area is 119 Å². The fourth-order valence-electron chi connectivity index (χ4n) is 4.18. The van der Waals surface area contributed by atoms with Gasteiger partial charge in [-0.05, 0) is 56.4 Å². The summed E-state index contributed by atoms with van der Waals surface area (Å²) >= 11 is 0. The maximum Gasteiger partial charge on any atom is 0.0153 e. The number of nitrogens with two attached hydrogens (primary N) is 1. The molecule has 2 heteroatoms. The van der Waals surface area contributed by atoms with Gasteiger partial charge >= 0.3 is 0 Å². The molecule has 0 aromatic rings. The van der Waals surface area contributed by atoms with Crippen molar-refractivity contribution in [2.45, 2.75) is 84.2 Å². The molecule has 0 saturated heterocycles. The van der Waals surface area contributed by atoms with Crippen LogP contribution in [0.2, 0.25) is 0 Å². The molecule has 2 fully saturated rings. The SMILES string of the molecule is CC1C(N)CCC(CNC2(C)CCCCC2)C1(C)C. The summed E-state index contributed by atoms with van der Waals surface area (Å²) in [7, 11) is 0. The van der Waals surface area contributed by atoms with E-state index in [0.717, 1.165) is 5.92 Å². The zero-order valence-electron chi connectivity index (χ0n) is 13.5. The first-order chi connectivity index (χ1) is 8.85. The summed E-state index contributed by atoms with van der Waals surface area (Å²) in [4.78, 5) is 0. The van der Waals surface area contributed by atoms with Crippen LogP contribution in [0, 0.1) is 17.3 Å². The molecule has 2 rings (SSSR count). The van der Waals surface area contributed by atoms with E-state index in [-0.39, 0.29) is 0 Å². The number of hydrogen-bond donors (Lipinski definition) is 2. The van der Waals surface area contributed by atoms with Crippen LogP contribution in [0.1, 0.15) is 72.6 Å². The normalized spacial score (nSPS) is 38.1. The predicted molar refractivity (Wildman–Crippen MR) is 83.1 cm³/mol. The van der Waals surface area contributed by atoms with Crippen molar-refractivity contribution in [2.75, 3.05) is 6.54 Å². The molecule has 0 spiro atoms. The Balaban J connectivity index is 1.91. The number of hydrogen-bond acceptors (Lipinski definition) is 2.